The van der Waals surface area contributed by atoms with E-state index in [1.807, 2.05) is 11.0 Å². The molecule has 1 aliphatic carbocycles. The molecule has 1 saturated carbocycles. The van der Waals surface area contributed by atoms with Crippen molar-refractivity contribution in [2.45, 2.75) is 25.3 Å². The second-order valence-electron chi connectivity index (χ2n) is 5.25. The Balaban J connectivity index is 0.00000242. The van der Waals surface area contributed by atoms with E-state index in [0.29, 0.717) is 19.0 Å². The van der Waals surface area contributed by atoms with Crippen LogP contribution in [0.15, 0.2) is 24.3 Å². The van der Waals surface area contributed by atoms with E-state index in [0.717, 1.165) is 18.4 Å². The highest BCUT2D eigenvalue weighted by molar-refractivity contribution is 5.85. The lowest BCUT2D eigenvalue weighted by Crippen LogP contribution is -2.41. The van der Waals surface area contributed by atoms with E-state index in [2.05, 4.69) is 5.32 Å². The van der Waals surface area contributed by atoms with E-state index in [9.17, 15) is 14.0 Å². The number of carboxylic acids is 1. The lowest BCUT2D eigenvalue weighted by molar-refractivity contribution is -0.138. The molecule has 1 aliphatic rings. The topological polar surface area (TPSA) is 69.6 Å². The predicted octanol–water partition coefficient (Wildman–Crippen LogP) is 1.46. The molecular formula is C15H20ClFN2O3. The van der Waals surface area contributed by atoms with Crippen LogP contribution in [-0.4, -0.2) is 47.6 Å². The zero-order valence-electron chi connectivity index (χ0n) is 12.1. The van der Waals surface area contributed by atoms with Crippen molar-refractivity contribution in [3.8, 4) is 0 Å². The number of hydrogen-bond acceptors (Lipinski definition) is 3. The van der Waals surface area contributed by atoms with Crippen LogP contribution in [0.2, 0.25) is 0 Å². The van der Waals surface area contributed by atoms with Gasteiger partial charge in [0.25, 0.3) is 0 Å². The Morgan fingerprint density at radius 3 is 2.68 bits per heavy atom. The highest BCUT2D eigenvalue weighted by Crippen LogP contribution is 2.26. The van der Waals surface area contributed by atoms with Crippen LogP contribution in [0.5, 0.6) is 0 Å². The van der Waals surface area contributed by atoms with Crippen LogP contribution >= 0.6 is 12.4 Å². The third kappa shape index (κ3) is 6.41. The van der Waals surface area contributed by atoms with Gasteiger partial charge in [0.2, 0.25) is 5.91 Å². The fourth-order valence-electron chi connectivity index (χ4n) is 2.21. The average molecular weight is 331 g/mol. The molecule has 1 fully saturated rings. The monoisotopic (exact) mass is 330 g/mol. The molecule has 0 aromatic heterocycles. The number of amides is 1. The lowest BCUT2D eigenvalue weighted by Gasteiger charge is -2.21. The van der Waals surface area contributed by atoms with Crippen molar-refractivity contribution in [1.82, 2.24) is 10.2 Å². The smallest absolute Gasteiger partial charge is 0.322 e. The highest BCUT2D eigenvalue weighted by atomic mass is 35.5. The minimum Gasteiger partial charge on any atom is -0.480 e. The van der Waals surface area contributed by atoms with Crippen molar-refractivity contribution in [3.05, 3.63) is 35.6 Å². The molecule has 122 valence electrons. The Kier molecular flexibility index (Phi) is 7.27. The number of carboxylic acid groups (broad SMARTS) is 1. The third-order valence-electron chi connectivity index (χ3n) is 3.42. The number of carbonyl (C=O) groups is 2. The van der Waals surface area contributed by atoms with Crippen molar-refractivity contribution in [2.24, 2.45) is 0 Å². The van der Waals surface area contributed by atoms with Crippen LogP contribution in [-0.2, 0) is 16.0 Å². The van der Waals surface area contributed by atoms with Crippen LogP contribution < -0.4 is 5.32 Å². The van der Waals surface area contributed by atoms with Gasteiger partial charge in [-0.15, -0.1) is 12.4 Å². The molecule has 0 aliphatic heterocycles. The number of aliphatic carboxylic acids is 1. The Hall–Kier alpha value is -1.66. The van der Waals surface area contributed by atoms with E-state index >= 15 is 0 Å². The number of nitrogens with zero attached hydrogens (tertiary/aromatic N) is 1. The molecule has 0 unspecified atom stereocenters. The molecule has 1 amide bonds. The Labute approximate surface area is 134 Å². The molecule has 5 nitrogen and oxygen atoms in total. The van der Waals surface area contributed by atoms with Crippen LogP contribution in [0, 0.1) is 5.82 Å². The van der Waals surface area contributed by atoms with Crippen LogP contribution in [0.25, 0.3) is 0 Å². The summed E-state index contributed by atoms with van der Waals surface area (Å²) in [6.45, 7) is 0.489. The first kappa shape index (κ1) is 18.4. The van der Waals surface area contributed by atoms with E-state index in [1.54, 1.807) is 6.07 Å². The summed E-state index contributed by atoms with van der Waals surface area (Å²) in [7, 11) is 0. The number of nitrogens with one attached hydrogen (secondary N) is 1. The third-order valence-corrected chi connectivity index (χ3v) is 3.42. The Morgan fingerprint density at radius 2 is 2.09 bits per heavy atom. The van der Waals surface area contributed by atoms with Gasteiger partial charge in [-0.25, -0.2) is 4.39 Å². The number of carbonyl (C=O) groups excluding carboxylic acids is 1. The van der Waals surface area contributed by atoms with E-state index in [-0.39, 0.29) is 37.2 Å². The summed E-state index contributed by atoms with van der Waals surface area (Å²) in [4.78, 5) is 24.1. The molecule has 22 heavy (non-hydrogen) atoms. The summed E-state index contributed by atoms with van der Waals surface area (Å²) in [6.07, 6.45) is 2.77. The standard InChI is InChI=1S/C15H19FN2O3.ClH/c16-12-3-1-2-11(8-12)6-7-18(13-4-5-13)10-14(19)17-9-15(20)21;/h1-3,8,13H,4-7,9-10H2,(H,17,19)(H,20,21);1H. The van der Waals surface area contributed by atoms with Gasteiger partial charge >= 0.3 is 5.97 Å². The Morgan fingerprint density at radius 1 is 1.36 bits per heavy atom. The van der Waals surface area contributed by atoms with Crippen LogP contribution in [0.3, 0.4) is 0 Å². The maximum absolute atomic E-state index is 13.1. The highest BCUT2D eigenvalue weighted by Gasteiger charge is 2.29. The van der Waals surface area contributed by atoms with Crippen LogP contribution in [0.1, 0.15) is 18.4 Å². The fraction of sp³-hybridized carbons (Fsp3) is 0.467. The van der Waals surface area contributed by atoms with Gasteiger partial charge in [0, 0.05) is 12.6 Å². The average Bonchev–Trinajstić information content (AvgIpc) is 3.25. The van der Waals surface area contributed by atoms with Gasteiger partial charge in [0.15, 0.2) is 0 Å². The maximum Gasteiger partial charge on any atom is 0.322 e. The summed E-state index contributed by atoms with van der Waals surface area (Å²) in [5.41, 5.74) is 0.895. The van der Waals surface area contributed by atoms with Crippen molar-refractivity contribution >= 4 is 24.3 Å². The van der Waals surface area contributed by atoms with Crippen LogP contribution in [0.4, 0.5) is 4.39 Å². The summed E-state index contributed by atoms with van der Waals surface area (Å²) < 4.78 is 13.1. The molecular weight excluding hydrogens is 311 g/mol. The first-order valence-corrected chi connectivity index (χ1v) is 7.01. The first-order chi connectivity index (χ1) is 10.0. The predicted molar refractivity (Wildman–Crippen MR) is 82.6 cm³/mol. The van der Waals surface area contributed by atoms with Gasteiger partial charge in [-0.2, -0.15) is 0 Å². The fourth-order valence-corrected chi connectivity index (χ4v) is 2.21. The van der Waals surface area contributed by atoms with Gasteiger partial charge in [-0.3, -0.25) is 14.5 Å². The minimum absolute atomic E-state index is 0. The maximum atomic E-state index is 13.1. The second-order valence-corrected chi connectivity index (χ2v) is 5.25. The molecule has 7 heteroatoms. The molecule has 2 N–H and O–H groups in total. The molecule has 0 spiro atoms. The molecule has 0 bridgehead atoms. The number of benzene rings is 1. The molecule has 0 radical (unpaired) electrons. The van der Waals surface area contributed by atoms with Gasteiger partial charge < -0.3 is 10.4 Å². The molecule has 1 aromatic carbocycles. The SMILES string of the molecule is Cl.O=C(O)CNC(=O)CN(CCc1cccc(F)c1)C1CC1. The number of rotatable bonds is 8. The summed E-state index contributed by atoms with van der Waals surface area (Å²) in [5, 5.41) is 10.9. The van der Waals surface area contributed by atoms with E-state index < -0.39 is 5.97 Å². The van der Waals surface area contributed by atoms with Crippen molar-refractivity contribution in [3.63, 3.8) is 0 Å². The largest absolute Gasteiger partial charge is 0.480 e. The lowest BCUT2D eigenvalue weighted by atomic mass is 10.1. The second kappa shape index (κ2) is 8.70. The minimum atomic E-state index is -1.05. The first-order valence-electron chi connectivity index (χ1n) is 7.01. The van der Waals surface area contributed by atoms with Crippen molar-refractivity contribution in [1.29, 1.82) is 0 Å². The van der Waals surface area contributed by atoms with Crippen molar-refractivity contribution in [2.75, 3.05) is 19.6 Å². The molecule has 2 rings (SSSR count). The summed E-state index contributed by atoms with van der Waals surface area (Å²) in [5.74, 6) is -1.60. The quantitative estimate of drug-likeness (QED) is 0.757. The van der Waals surface area contributed by atoms with Gasteiger partial charge in [-0.05, 0) is 37.0 Å². The zero-order valence-corrected chi connectivity index (χ0v) is 12.9. The molecule has 0 saturated heterocycles. The molecule has 1 aromatic rings. The number of halogens is 2. The van der Waals surface area contributed by atoms with E-state index in [1.165, 1.54) is 12.1 Å². The molecule has 0 atom stereocenters. The summed E-state index contributed by atoms with van der Waals surface area (Å²) in [6, 6.07) is 6.82. The summed E-state index contributed by atoms with van der Waals surface area (Å²) >= 11 is 0. The Bertz CT molecular complexity index is 523. The van der Waals surface area contributed by atoms with E-state index in [4.69, 9.17) is 5.11 Å². The van der Waals surface area contributed by atoms with Gasteiger partial charge in [-0.1, -0.05) is 12.1 Å². The van der Waals surface area contributed by atoms with Gasteiger partial charge in [0.1, 0.15) is 12.4 Å². The van der Waals surface area contributed by atoms with Crippen molar-refractivity contribution < 1.29 is 19.1 Å². The molecule has 0 heterocycles. The normalized spacial score (nSPS) is 13.5. The zero-order chi connectivity index (χ0) is 15.2. The van der Waals surface area contributed by atoms with Gasteiger partial charge in [0.05, 0.1) is 6.54 Å². The number of hydrogen-bond donors (Lipinski definition) is 2.